The molecule has 13 heteroatoms. The summed E-state index contributed by atoms with van der Waals surface area (Å²) < 4.78 is 0. The van der Waals surface area contributed by atoms with E-state index in [0.29, 0.717) is 10.9 Å². The number of fused-ring (bicyclic) bond motifs is 2. The lowest BCUT2D eigenvalue weighted by molar-refractivity contribution is -0.146. The number of carboxylic acids is 3. The molecule has 3 aromatic rings. The van der Waals surface area contributed by atoms with Gasteiger partial charge in [0.2, 0.25) is 5.95 Å². The van der Waals surface area contributed by atoms with Crippen LogP contribution in [0.15, 0.2) is 41.2 Å². The molecule has 1 unspecified atom stereocenters. The lowest BCUT2D eigenvalue weighted by atomic mass is 9.90. The fourth-order valence-corrected chi connectivity index (χ4v) is 5.86. The van der Waals surface area contributed by atoms with Crippen LogP contribution in [0.4, 0.5) is 11.6 Å². The maximum atomic E-state index is 13.1. The van der Waals surface area contributed by atoms with Crippen LogP contribution in [0.1, 0.15) is 72.5 Å². The van der Waals surface area contributed by atoms with Gasteiger partial charge in [0.25, 0.3) is 5.56 Å². The molecule has 1 aromatic heterocycles. The summed E-state index contributed by atoms with van der Waals surface area (Å²) >= 11 is 0. The summed E-state index contributed by atoms with van der Waals surface area (Å²) in [6.45, 7) is 0.250. The van der Waals surface area contributed by atoms with Crippen LogP contribution in [0.2, 0.25) is 0 Å². The fraction of sp³-hybridized carbons (Fsp3) is 0.364. The normalized spacial score (nSPS) is 15.0. The van der Waals surface area contributed by atoms with Gasteiger partial charge in [0.05, 0.1) is 35.3 Å². The first-order valence-electron chi connectivity index (χ1n) is 14.7. The summed E-state index contributed by atoms with van der Waals surface area (Å²) in [5, 5.41) is 28.2. The third-order valence-electron chi connectivity index (χ3n) is 8.27. The average Bonchev–Trinajstić information content (AvgIpc) is 3.41. The van der Waals surface area contributed by atoms with Gasteiger partial charge in [-0.05, 0) is 73.2 Å². The zero-order valence-corrected chi connectivity index (χ0v) is 24.9. The quantitative estimate of drug-likeness (QED) is 0.114. The number of Topliss-reactive ketones (excluding diaryl/α,β-unsaturated/α-hetero) is 2. The monoisotopic (exact) mass is 630 g/mol. The number of carboxylic acid groups (broad SMARTS) is 3. The first-order chi connectivity index (χ1) is 21.9. The minimum atomic E-state index is -1.30. The number of carbonyl (C=O) groups excluding carboxylic acids is 2. The van der Waals surface area contributed by atoms with Crippen LogP contribution in [-0.4, -0.2) is 61.3 Å². The lowest BCUT2D eigenvalue weighted by Gasteiger charge is -2.30. The number of nitrogens with two attached hydrogens (primary N) is 1. The van der Waals surface area contributed by atoms with E-state index in [-0.39, 0.29) is 55.3 Å². The van der Waals surface area contributed by atoms with Crippen LogP contribution >= 0.6 is 0 Å². The first kappa shape index (κ1) is 33.4. The number of aryl methyl sites for hydroxylation is 1. The molecule has 0 saturated heterocycles. The zero-order valence-electron chi connectivity index (χ0n) is 24.9. The Morgan fingerprint density at radius 3 is 2.28 bits per heavy atom. The Morgan fingerprint density at radius 1 is 1.00 bits per heavy atom. The van der Waals surface area contributed by atoms with E-state index in [9.17, 15) is 39.0 Å². The summed E-state index contributed by atoms with van der Waals surface area (Å²) in [7, 11) is 0. The van der Waals surface area contributed by atoms with Gasteiger partial charge < -0.3 is 26.0 Å². The zero-order chi connectivity index (χ0) is 33.5. The van der Waals surface area contributed by atoms with E-state index in [1.54, 1.807) is 24.3 Å². The number of aromatic nitrogens is 2. The number of rotatable bonds is 16. The van der Waals surface area contributed by atoms with E-state index in [4.69, 9.17) is 17.3 Å². The Hall–Kier alpha value is -5.51. The molecule has 6 N–H and O–H groups in total. The summed E-state index contributed by atoms with van der Waals surface area (Å²) in [5.41, 5.74) is 8.85. The second kappa shape index (κ2) is 14.5. The molecule has 0 fully saturated rings. The standard InChI is InChI=1S/C33H34N4O9/c1-2-13-37(27-11-6-19-15-26-25(17-24(19)27)30(42)36-33(34)35-26)22-8-3-18(4-9-22)28(39)16-21(32(45)46)5-10-23(38)14-20(31(43)44)7-12-29(40)41/h1,3-4,8-9,15,17,20-21,27H,5-7,10-14,16H2,(H,40,41)(H,43,44)(H,45,46)(H3,34,35,36,42)/t20-,21+,27?/m0/s1. The number of anilines is 2. The summed E-state index contributed by atoms with van der Waals surface area (Å²) in [6, 6.07) is 10.1. The minimum absolute atomic E-state index is 0.0394. The third kappa shape index (κ3) is 7.95. The van der Waals surface area contributed by atoms with Crippen LogP contribution in [0.25, 0.3) is 10.9 Å². The molecule has 1 heterocycles. The molecule has 13 nitrogen and oxygen atoms in total. The van der Waals surface area contributed by atoms with E-state index in [2.05, 4.69) is 15.9 Å². The molecule has 0 amide bonds. The van der Waals surface area contributed by atoms with Gasteiger partial charge in [0.15, 0.2) is 5.78 Å². The number of carbonyl (C=O) groups is 5. The highest BCUT2D eigenvalue weighted by molar-refractivity contribution is 5.98. The molecule has 1 aliphatic carbocycles. The van der Waals surface area contributed by atoms with Crippen molar-refractivity contribution < 1.29 is 39.3 Å². The largest absolute Gasteiger partial charge is 0.481 e. The second-order valence-electron chi connectivity index (χ2n) is 11.4. The smallest absolute Gasteiger partial charge is 0.306 e. The Kier molecular flexibility index (Phi) is 10.5. The van der Waals surface area contributed by atoms with Gasteiger partial charge in [-0.25, -0.2) is 4.98 Å². The molecule has 0 spiro atoms. The predicted molar refractivity (Wildman–Crippen MR) is 167 cm³/mol. The molecule has 0 saturated carbocycles. The molecule has 0 bridgehead atoms. The van der Waals surface area contributed by atoms with Crippen molar-refractivity contribution in [3.8, 4) is 12.3 Å². The van der Waals surface area contributed by atoms with Gasteiger partial charge in [0.1, 0.15) is 5.78 Å². The van der Waals surface area contributed by atoms with Gasteiger partial charge in [-0.2, -0.15) is 0 Å². The fourth-order valence-electron chi connectivity index (χ4n) is 5.86. The van der Waals surface area contributed by atoms with Crippen LogP contribution in [0.5, 0.6) is 0 Å². The number of aromatic amines is 1. The maximum absolute atomic E-state index is 13.1. The molecule has 4 rings (SSSR count). The summed E-state index contributed by atoms with van der Waals surface area (Å²) in [6.07, 6.45) is 5.34. The third-order valence-corrected chi connectivity index (χ3v) is 8.27. The molecule has 1 aliphatic rings. The van der Waals surface area contributed by atoms with Crippen molar-refractivity contribution in [1.29, 1.82) is 0 Å². The summed E-state index contributed by atoms with van der Waals surface area (Å²) in [5.74, 6) is -4.34. The summed E-state index contributed by atoms with van der Waals surface area (Å²) in [4.78, 5) is 80.8. The number of hydrogen-bond acceptors (Lipinski definition) is 9. The number of benzene rings is 2. The van der Waals surface area contributed by atoms with Crippen LogP contribution in [0, 0.1) is 24.2 Å². The van der Waals surface area contributed by atoms with Crippen molar-refractivity contribution in [3.05, 3.63) is 63.4 Å². The SMILES string of the molecule is C#CCN(c1ccc(C(=O)C[C@@H](CCC(=O)C[C@H](CCC(=O)O)C(=O)O)C(=O)O)cc1)C1CCc2cc3nc(N)[nH]c(=O)c3cc21. The highest BCUT2D eigenvalue weighted by atomic mass is 16.4. The number of hydrogen-bond donors (Lipinski definition) is 5. The Labute approximate surface area is 263 Å². The molecule has 0 radical (unpaired) electrons. The highest BCUT2D eigenvalue weighted by Crippen LogP contribution is 2.39. The molecule has 46 heavy (non-hydrogen) atoms. The predicted octanol–water partition coefficient (Wildman–Crippen LogP) is 3.21. The minimum Gasteiger partial charge on any atom is -0.481 e. The Morgan fingerprint density at radius 2 is 1.65 bits per heavy atom. The van der Waals surface area contributed by atoms with Crippen molar-refractivity contribution in [2.24, 2.45) is 11.8 Å². The second-order valence-corrected chi connectivity index (χ2v) is 11.4. The van der Waals surface area contributed by atoms with Crippen molar-refractivity contribution in [3.63, 3.8) is 0 Å². The number of aliphatic carboxylic acids is 3. The molecule has 240 valence electrons. The van der Waals surface area contributed by atoms with Gasteiger partial charge in [-0.15, -0.1) is 6.42 Å². The van der Waals surface area contributed by atoms with E-state index in [1.807, 2.05) is 17.0 Å². The highest BCUT2D eigenvalue weighted by Gasteiger charge is 2.30. The average molecular weight is 631 g/mol. The number of terminal acetylenes is 1. The van der Waals surface area contributed by atoms with Crippen LogP contribution < -0.4 is 16.2 Å². The maximum Gasteiger partial charge on any atom is 0.306 e. The molecular weight excluding hydrogens is 596 g/mol. The molecule has 3 atom stereocenters. The number of nitrogens with one attached hydrogen (secondary N) is 1. The van der Waals surface area contributed by atoms with Gasteiger partial charge in [-0.1, -0.05) is 5.92 Å². The number of nitrogens with zero attached hydrogens (tertiary/aromatic N) is 2. The first-order valence-corrected chi connectivity index (χ1v) is 14.7. The molecule has 2 aromatic carbocycles. The topological polar surface area (TPSA) is 221 Å². The van der Waals surface area contributed by atoms with Crippen molar-refractivity contribution in [2.45, 2.75) is 57.4 Å². The number of ketones is 2. The van der Waals surface area contributed by atoms with Gasteiger partial charge >= 0.3 is 17.9 Å². The Bertz CT molecular complexity index is 1770. The van der Waals surface area contributed by atoms with Crippen molar-refractivity contribution in [1.82, 2.24) is 9.97 Å². The van der Waals surface area contributed by atoms with E-state index < -0.39 is 54.2 Å². The van der Waals surface area contributed by atoms with Crippen molar-refractivity contribution in [2.75, 3.05) is 17.2 Å². The van der Waals surface area contributed by atoms with E-state index in [1.165, 1.54) is 0 Å². The van der Waals surface area contributed by atoms with Crippen LogP contribution in [0.3, 0.4) is 0 Å². The van der Waals surface area contributed by atoms with Gasteiger partial charge in [-0.3, -0.25) is 33.8 Å². The van der Waals surface area contributed by atoms with E-state index >= 15 is 0 Å². The molecular formula is C33H34N4O9. The van der Waals surface area contributed by atoms with Gasteiger partial charge in [0, 0.05) is 36.9 Å². The van der Waals surface area contributed by atoms with Crippen LogP contribution in [-0.2, 0) is 25.6 Å². The Balaban J connectivity index is 1.43. The number of nitrogen functional groups attached to an aromatic ring is 1. The lowest BCUT2D eigenvalue weighted by Crippen LogP contribution is -2.28. The number of H-pyrrole nitrogens is 1. The molecule has 0 aliphatic heterocycles. The van der Waals surface area contributed by atoms with E-state index in [0.717, 1.165) is 29.7 Å². The van der Waals surface area contributed by atoms with Crippen molar-refractivity contribution >= 4 is 52.0 Å².